The van der Waals surface area contributed by atoms with Crippen LogP contribution in [0.2, 0.25) is 0 Å². The molecule has 0 aliphatic carbocycles. The highest BCUT2D eigenvalue weighted by atomic mass is 32.2. The predicted molar refractivity (Wildman–Crippen MR) is 84.6 cm³/mol. The fourth-order valence-electron chi connectivity index (χ4n) is 2.78. The number of aromatic nitrogens is 2. The molecule has 5 nitrogen and oxygen atoms in total. The molecule has 0 atom stereocenters. The molecule has 1 aliphatic rings. The molecule has 1 fully saturated rings. The highest BCUT2D eigenvalue weighted by Crippen LogP contribution is 2.27. The van der Waals surface area contributed by atoms with Crippen LogP contribution in [0.1, 0.15) is 24.8 Å². The Morgan fingerprint density at radius 2 is 2.10 bits per heavy atom. The third-order valence-corrected chi connectivity index (χ3v) is 4.69. The molecule has 0 spiro atoms. The molecule has 3 rings (SSSR count). The Morgan fingerprint density at radius 1 is 1.33 bits per heavy atom. The maximum atomic E-state index is 10.9. The molecular weight excluding hydrogens is 286 g/mol. The molecule has 2 heterocycles. The van der Waals surface area contributed by atoms with Gasteiger partial charge in [-0.2, -0.15) is 0 Å². The second kappa shape index (κ2) is 5.97. The van der Waals surface area contributed by atoms with E-state index in [1.165, 1.54) is 31.0 Å². The molecule has 1 aromatic heterocycles. The Morgan fingerprint density at radius 3 is 2.81 bits per heavy atom. The van der Waals surface area contributed by atoms with Gasteiger partial charge in [-0.15, -0.1) is 0 Å². The summed E-state index contributed by atoms with van der Waals surface area (Å²) in [5.74, 6) is -0.773. The number of hydrogen-bond donors (Lipinski definition) is 1. The van der Waals surface area contributed by atoms with Gasteiger partial charge < -0.3 is 10.1 Å². The molecular formula is C15H19N3O2S. The van der Waals surface area contributed by atoms with Gasteiger partial charge in [-0.25, -0.2) is 9.66 Å². The Hall–Kier alpha value is -1.69. The van der Waals surface area contributed by atoms with Crippen molar-refractivity contribution in [1.29, 1.82) is 0 Å². The summed E-state index contributed by atoms with van der Waals surface area (Å²) >= 11 is 1.29. The van der Waals surface area contributed by atoms with Crippen LogP contribution < -0.4 is 5.01 Å². The second-order valence-corrected chi connectivity index (χ2v) is 6.29. The van der Waals surface area contributed by atoms with E-state index in [4.69, 9.17) is 5.11 Å². The summed E-state index contributed by atoms with van der Waals surface area (Å²) in [5, 5.41) is 12.0. The van der Waals surface area contributed by atoms with Crippen LogP contribution in [-0.4, -0.2) is 39.6 Å². The van der Waals surface area contributed by atoms with Crippen LogP contribution in [0.4, 0.5) is 0 Å². The van der Waals surface area contributed by atoms with Gasteiger partial charge in [0.25, 0.3) is 0 Å². The average molecular weight is 305 g/mol. The third kappa shape index (κ3) is 2.85. The van der Waals surface area contributed by atoms with E-state index in [1.54, 1.807) is 0 Å². The Bertz CT molecular complexity index is 662. The van der Waals surface area contributed by atoms with Gasteiger partial charge in [-0.3, -0.25) is 4.79 Å². The first-order chi connectivity index (χ1) is 10.2. The lowest BCUT2D eigenvalue weighted by Gasteiger charge is -2.31. The van der Waals surface area contributed by atoms with Crippen molar-refractivity contribution < 1.29 is 9.90 Å². The molecule has 2 aromatic rings. The van der Waals surface area contributed by atoms with Crippen molar-refractivity contribution in [2.75, 3.05) is 23.9 Å². The fourth-order valence-corrected chi connectivity index (χ4v) is 3.52. The van der Waals surface area contributed by atoms with E-state index in [0.717, 1.165) is 34.8 Å². The van der Waals surface area contributed by atoms with Gasteiger partial charge in [0.2, 0.25) is 0 Å². The van der Waals surface area contributed by atoms with Crippen LogP contribution in [0.3, 0.4) is 0 Å². The number of benzene rings is 1. The minimum absolute atomic E-state index is 0.0379. The summed E-state index contributed by atoms with van der Waals surface area (Å²) in [6.07, 6.45) is 3.61. The first-order valence-electron chi connectivity index (χ1n) is 7.24. The number of para-hydroxylation sites is 1. The molecule has 1 saturated heterocycles. The van der Waals surface area contributed by atoms with E-state index in [0.29, 0.717) is 0 Å². The van der Waals surface area contributed by atoms with Gasteiger partial charge >= 0.3 is 5.97 Å². The number of imidazole rings is 1. The van der Waals surface area contributed by atoms with Crippen molar-refractivity contribution in [2.24, 2.45) is 0 Å². The van der Waals surface area contributed by atoms with Gasteiger partial charge in [0, 0.05) is 13.1 Å². The van der Waals surface area contributed by atoms with E-state index in [-0.39, 0.29) is 5.75 Å². The van der Waals surface area contributed by atoms with Crippen LogP contribution >= 0.6 is 11.8 Å². The lowest BCUT2D eigenvalue weighted by molar-refractivity contribution is -0.133. The van der Waals surface area contributed by atoms with Crippen molar-refractivity contribution in [3.05, 3.63) is 23.8 Å². The zero-order valence-corrected chi connectivity index (χ0v) is 12.9. The van der Waals surface area contributed by atoms with Crippen LogP contribution in [0.15, 0.2) is 23.4 Å². The smallest absolute Gasteiger partial charge is 0.313 e. The molecule has 21 heavy (non-hydrogen) atoms. The quantitative estimate of drug-likeness (QED) is 0.880. The number of fused-ring (bicyclic) bond motifs is 1. The summed E-state index contributed by atoms with van der Waals surface area (Å²) < 4.78 is 2.12. The summed E-state index contributed by atoms with van der Waals surface area (Å²) in [4.78, 5) is 15.6. The number of carbonyl (C=O) groups is 1. The van der Waals surface area contributed by atoms with Crippen LogP contribution in [0.25, 0.3) is 11.0 Å². The molecule has 0 radical (unpaired) electrons. The minimum atomic E-state index is -0.811. The number of aliphatic carboxylic acids is 1. The van der Waals surface area contributed by atoms with Crippen molar-refractivity contribution in [3.63, 3.8) is 0 Å². The van der Waals surface area contributed by atoms with Gasteiger partial charge in [-0.05, 0) is 37.8 Å². The number of nitrogens with zero attached hydrogens (tertiary/aromatic N) is 3. The first-order valence-corrected chi connectivity index (χ1v) is 8.23. The Balaban J connectivity index is 2.06. The zero-order chi connectivity index (χ0) is 14.8. The third-order valence-electron chi connectivity index (χ3n) is 3.77. The lowest BCUT2D eigenvalue weighted by atomic mass is 10.2. The van der Waals surface area contributed by atoms with Gasteiger partial charge in [0.05, 0.1) is 16.8 Å². The molecule has 6 heteroatoms. The summed E-state index contributed by atoms with van der Waals surface area (Å²) in [7, 11) is 0. The largest absolute Gasteiger partial charge is 0.481 e. The van der Waals surface area contributed by atoms with Crippen LogP contribution in [0.5, 0.6) is 0 Å². The summed E-state index contributed by atoms with van der Waals surface area (Å²) in [6.45, 7) is 4.04. The number of carboxylic acid groups (broad SMARTS) is 1. The van der Waals surface area contributed by atoms with E-state index in [9.17, 15) is 4.79 Å². The number of rotatable bonds is 4. The molecule has 0 unspecified atom stereocenters. The number of hydrogen-bond acceptors (Lipinski definition) is 4. The second-order valence-electron chi connectivity index (χ2n) is 5.35. The van der Waals surface area contributed by atoms with E-state index in [2.05, 4.69) is 20.7 Å². The van der Waals surface area contributed by atoms with E-state index < -0.39 is 5.97 Å². The van der Waals surface area contributed by atoms with Gasteiger partial charge in [0.1, 0.15) is 0 Å². The molecule has 1 aromatic carbocycles. The molecule has 1 aliphatic heterocycles. The number of piperidine rings is 1. The van der Waals surface area contributed by atoms with Crippen molar-refractivity contribution in [2.45, 2.75) is 31.3 Å². The maximum absolute atomic E-state index is 10.9. The van der Waals surface area contributed by atoms with E-state index in [1.807, 2.05) is 19.1 Å². The summed E-state index contributed by atoms with van der Waals surface area (Å²) in [5.41, 5.74) is 3.17. The molecule has 0 bridgehead atoms. The standard InChI is InChI=1S/C15H19N3O2S/c1-11-6-5-7-12-14(11)16-15(21-10-13(19)20)18(12)17-8-3-2-4-9-17/h5-7H,2-4,8-10H2,1H3,(H,19,20). The predicted octanol–water partition coefficient (Wildman–Crippen LogP) is 2.64. The highest BCUT2D eigenvalue weighted by Gasteiger charge is 2.20. The first kappa shape index (κ1) is 14.3. The highest BCUT2D eigenvalue weighted by molar-refractivity contribution is 7.99. The Kier molecular flexibility index (Phi) is 4.05. The summed E-state index contributed by atoms with van der Waals surface area (Å²) in [6, 6.07) is 6.14. The maximum Gasteiger partial charge on any atom is 0.313 e. The number of thioether (sulfide) groups is 1. The SMILES string of the molecule is Cc1cccc2c1nc(SCC(=O)O)n2N1CCCCC1. The molecule has 0 saturated carbocycles. The van der Waals surface area contributed by atoms with Gasteiger partial charge in [0.15, 0.2) is 5.16 Å². The Labute approximate surface area is 127 Å². The van der Waals surface area contributed by atoms with Gasteiger partial charge in [-0.1, -0.05) is 23.9 Å². The van der Waals surface area contributed by atoms with Crippen molar-refractivity contribution >= 4 is 28.8 Å². The topological polar surface area (TPSA) is 58.4 Å². The monoisotopic (exact) mass is 305 g/mol. The fraction of sp³-hybridized carbons (Fsp3) is 0.467. The number of carboxylic acids is 1. The molecule has 112 valence electrons. The van der Waals surface area contributed by atoms with E-state index >= 15 is 0 Å². The lowest BCUT2D eigenvalue weighted by Crippen LogP contribution is -2.39. The normalized spacial score (nSPS) is 15.6. The van der Waals surface area contributed by atoms with Crippen LogP contribution in [0, 0.1) is 6.92 Å². The molecule has 0 amide bonds. The number of aryl methyl sites for hydroxylation is 1. The minimum Gasteiger partial charge on any atom is -0.481 e. The zero-order valence-electron chi connectivity index (χ0n) is 12.1. The molecule has 1 N–H and O–H groups in total. The van der Waals surface area contributed by atoms with Crippen molar-refractivity contribution in [3.8, 4) is 0 Å². The van der Waals surface area contributed by atoms with Crippen LogP contribution in [-0.2, 0) is 4.79 Å². The van der Waals surface area contributed by atoms with Crippen molar-refractivity contribution in [1.82, 2.24) is 9.66 Å². The average Bonchev–Trinajstić information content (AvgIpc) is 2.86.